The number of hydrogen-bond acceptors (Lipinski definition) is 2. The van der Waals surface area contributed by atoms with Crippen LogP contribution in [0.15, 0.2) is 0 Å². The van der Waals surface area contributed by atoms with Crippen molar-refractivity contribution in [2.45, 2.75) is 45.4 Å². The molecule has 0 unspecified atom stereocenters. The van der Waals surface area contributed by atoms with E-state index in [4.69, 9.17) is 10.8 Å². The number of carbonyl (C=O) groups is 1. The van der Waals surface area contributed by atoms with Crippen LogP contribution in [0.3, 0.4) is 0 Å². The van der Waals surface area contributed by atoms with Crippen LogP contribution in [0.25, 0.3) is 0 Å². The maximum atomic E-state index is 9.98. The fourth-order valence-corrected chi connectivity index (χ4v) is 1.05. The first-order valence-corrected chi connectivity index (χ1v) is 5.15. The third kappa shape index (κ3) is 6.58. The second-order valence-corrected chi connectivity index (χ2v) is 3.46. The Morgan fingerprint density at radius 3 is 2.15 bits per heavy atom. The number of nitrogens with two attached hydrogens (primary N) is 1. The summed E-state index contributed by atoms with van der Waals surface area (Å²) in [5.41, 5.74) is 5.21. The van der Waals surface area contributed by atoms with E-state index in [1.54, 1.807) is 0 Å². The molecule has 0 aromatic rings. The molecule has 3 heteroatoms. The van der Waals surface area contributed by atoms with E-state index in [0.717, 1.165) is 25.8 Å². The molecule has 0 radical (unpaired) electrons. The molecule has 0 aromatic heterocycles. The summed E-state index contributed by atoms with van der Waals surface area (Å²) < 4.78 is 0. The van der Waals surface area contributed by atoms with Crippen molar-refractivity contribution in [3.8, 4) is 0 Å². The SMILES string of the molecule is CCCCCN.O=C(O)C1CCC1. The van der Waals surface area contributed by atoms with Crippen molar-refractivity contribution in [2.75, 3.05) is 6.54 Å². The van der Waals surface area contributed by atoms with Crippen LogP contribution in [0.2, 0.25) is 0 Å². The first kappa shape index (κ1) is 12.4. The number of carboxylic acid groups (broad SMARTS) is 1. The minimum atomic E-state index is -0.619. The molecule has 3 N–H and O–H groups in total. The molecule has 13 heavy (non-hydrogen) atoms. The zero-order chi connectivity index (χ0) is 10.1. The van der Waals surface area contributed by atoms with E-state index in [1.807, 2.05) is 0 Å². The van der Waals surface area contributed by atoms with Gasteiger partial charge in [-0.3, -0.25) is 4.79 Å². The fourth-order valence-electron chi connectivity index (χ4n) is 1.05. The number of hydrogen-bond donors (Lipinski definition) is 2. The number of aliphatic carboxylic acids is 1. The zero-order valence-corrected chi connectivity index (χ0v) is 8.46. The fraction of sp³-hybridized carbons (Fsp3) is 0.900. The Hall–Kier alpha value is -0.570. The van der Waals surface area contributed by atoms with Crippen molar-refractivity contribution >= 4 is 5.97 Å². The molecule has 0 spiro atoms. The van der Waals surface area contributed by atoms with Crippen molar-refractivity contribution in [3.63, 3.8) is 0 Å². The van der Waals surface area contributed by atoms with Crippen LogP contribution >= 0.6 is 0 Å². The Bertz CT molecular complexity index is 129. The largest absolute Gasteiger partial charge is 0.481 e. The van der Waals surface area contributed by atoms with Crippen molar-refractivity contribution in [1.82, 2.24) is 0 Å². The van der Waals surface area contributed by atoms with Gasteiger partial charge in [-0.15, -0.1) is 0 Å². The van der Waals surface area contributed by atoms with Crippen molar-refractivity contribution in [1.29, 1.82) is 0 Å². The standard InChI is InChI=1S/C5H13N.C5H8O2/c1-2-3-4-5-6;6-5(7)4-2-1-3-4/h2-6H2,1H3;4H,1-3H2,(H,6,7). The van der Waals surface area contributed by atoms with E-state index in [-0.39, 0.29) is 5.92 Å². The number of carboxylic acids is 1. The van der Waals surface area contributed by atoms with E-state index in [1.165, 1.54) is 19.3 Å². The van der Waals surface area contributed by atoms with Crippen molar-refractivity contribution in [2.24, 2.45) is 11.7 Å². The molecule has 1 aliphatic rings. The summed E-state index contributed by atoms with van der Waals surface area (Å²) >= 11 is 0. The highest BCUT2D eigenvalue weighted by Crippen LogP contribution is 2.25. The molecule has 0 heterocycles. The van der Waals surface area contributed by atoms with Crippen LogP contribution in [-0.4, -0.2) is 17.6 Å². The topological polar surface area (TPSA) is 63.3 Å². The number of unbranched alkanes of at least 4 members (excludes halogenated alkanes) is 2. The van der Waals surface area contributed by atoms with Crippen molar-refractivity contribution < 1.29 is 9.90 Å². The summed E-state index contributed by atoms with van der Waals surface area (Å²) in [6.45, 7) is 3.03. The lowest BCUT2D eigenvalue weighted by Gasteiger charge is -2.19. The first-order chi connectivity index (χ1) is 6.22. The van der Waals surface area contributed by atoms with Crippen LogP contribution in [0.1, 0.15) is 45.4 Å². The lowest BCUT2D eigenvalue weighted by molar-refractivity contribution is -0.144. The van der Waals surface area contributed by atoms with Gasteiger partial charge in [0, 0.05) is 0 Å². The van der Waals surface area contributed by atoms with Crippen molar-refractivity contribution in [3.05, 3.63) is 0 Å². The molecule has 1 rings (SSSR count). The smallest absolute Gasteiger partial charge is 0.306 e. The first-order valence-electron chi connectivity index (χ1n) is 5.15. The quantitative estimate of drug-likeness (QED) is 0.662. The predicted molar refractivity (Wildman–Crippen MR) is 53.6 cm³/mol. The summed E-state index contributed by atoms with van der Waals surface area (Å²) in [6.07, 6.45) is 6.66. The molecule has 0 bridgehead atoms. The molecule has 78 valence electrons. The highest BCUT2D eigenvalue weighted by molar-refractivity contribution is 5.70. The molecule has 0 aliphatic heterocycles. The van der Waals surface area contributed by atoms with Crippen LogP contribution in [0.4, 0.5) is 0 Å². The lowest BCUT2D eigenvalue weighted by atomic mass is 9.86. The van der Waals surface area contributed by atoms with Gasteiger partial charge in [-0.2, -0.15) is 0 Å². The molecule has 1 saturated carbocycles. The predicted octanol–water partition coefficient (Wildman–Crippen LogP) is 2.01. The molecule has 0 aromatic carbocycles. The van der Waals surface area contributed by atoms with E-state index < -0.39 is 5.97 Å². The maximum Gasteiger partial charge on any atom is 0.306 e. The molecule has 1 fully saturated rings. The van der Waals surface area contributed by atoms with Crippen LogP contribution in [0, 0.1) is 5.92 Å². The van der Waals surface area contributed by atoms with E-state index >= 15 is 0 Å². The van der Waals surface area contributed by atoms with Gasteiger partial charge < -0.3 is 10.8 Å². The highest BCUT2D eigenvalue weighted by atomic mass is 16.4. The normalized spacial score (nSPS) is 15.5. The minimum absolute atomic E-state index is 0.000000000000000444. The van der Waals surface area contributed by atoms with E-state index in [0.29, 0.717) is 0 Å². The van der Waals surface area contributed by atoms with Gasteiger partial charge in [-0.25, -0.2) is 0 Å². The summed E-state index contributed by atoms with van der Waals surface area (Å²) in [7, 11) is 0. The molecular weight excluding hydrogens is 166 g/mol. The Morgan fingerprint density at radius 2 is 2.08 bits per heavy atom. The van der Waals surface area contributed by atoms with Gasteiger partial charge in [0.1, 0.15) is 0 Å². The molecule has 0 atom stereocenters. The van der Waals surface area contributed by atoms with E-state index in [9.17, 15) is 4.79 Å². The third-order valence-electron chi connectivity index (χ3n) is 2.26. The summed E-state index contributed by atoms with van der Waals surface area (Å²) in [6, 6.07) is 0. The molecular formula is C10H21NO2. The van der Waals surface area contributed by atoms with Gasteiger partial charge in [-0.05, 0) is 25.8 Å². The molecule has 3 nitrogen and oxygen atoms in total. The molecule has 1 aliphatic carbocycles. The molecule has 0 saturated heterocycles. The average Bonchev–Trinajstić information content (AvgIpc) is 1.97. The lowest BCUT2D eigenvalue weighted by Crippen LogP contribution is -2.20. The van der Waals surface area contributed by atoms with E-state index in [2.05, 4.69) is 6.92 Å². The van der Waals surface area contributed by atoms with Crippen LogP contribution in [-0.2, 0) is 4.79 Å². The second kappa shape index (κ2) is 8.05. The monoisotopic (exact) mass is 187 g/mol. The van der Waals surface area contributed by atoms with Gasteiger partial charge in [-0.1, -0.05) is 26.2 Å². The number of rotatable bonds is 4. The summed E-state index contributed by atoms with van der Waals surface area (Å²) in [5.74, 6) is -0.619. The minimum Gasteiger partial charge on any atom is -0.481 e. The summed E-state index contributed by atoms with van der Waals surface area (Å²) in [4.78, 5) is 9.98. The van der Waals surface area contributed by atoms with Gasteiger partial charge in [0.05, 0.1) is 5.92 Å². The molecule has 0 amide bonds. The Kier molecular flexibility index (Phi) is 7.69. The Labute approximate surface area is 80.3 Å². The summed E-state index contributed by atoms with van der Waals surface area (Å²) in [5, 5.41) is 8.23. The zero-order valence-electron chi connectivity index (χ0n) is 8.46. The van der Waals surface area contributed by atoms with Crippen LogP contribution < -0.4 is 5.73 Å². The van der Waals surface area contributed by atoms with Gasteiger partial charge in [0.2, 0.25) is 0 Å². The average molecular weight is 187 g/mol. The highest BCUT2D eigenvalue weighted by Gasteiger charge is 2.23. The van der Waals surface area contributed by atoms with Gasteiger partial charge in [0.15, 0.2) is 0 Å². The third-order valence-corrected chi connectivity index (χ3v) is 2.26. The Balaban J connectivity index is 0.000000226. The van der Waals surface area contributed by atoms with Gasteiger partial charge >= 0.3 is 5.97 Å². The Morgan fingerprint density at radius 1 is 1.46 bits per heavy atom. The van der Waals surface area contributed by atoms with Crippen LogP contribution in [0.5, 0.6) is 0 Å². The second-order valence-electron chi connectivity index (χ2n) is 3.46. The maximum absolute atomic E-state index is 9.98. The van der Waals surface area contributed by atoms with Gasteiger partial charge in [0.25, 0.3) is 0 Å².